The van der Waals surface area contributed by atoms with E-state index in [-0.39, 0.29) is 0 Å². The van der Waals surface area contributed by atoms with Crippen molar-refractivity contribution in [3.8, 4) is 0 Å². The second-order valence-corrected chi connectivity index (χ2v) is 4.00. The molecule has 5 nitrogen and oxygen atoms in total. The normalized spacial score (nSPS) is 12.9. The molecule has 0 fully saturated rings. The van der Waals surface area contributed by atoms with Gasteiger partial charge in [0.25, 0.3) is 0 Å². The molecule has 0 aromatic carbocycles. The van der Waals surface area contributed by atoms with Crippen LogP contribution in [0.15, 0.2) is 18.5 Å². The van der Waals surface area contributed by atoms with E-state index in [9.17, 15) is 5.11 Å². The molecule has 0 aliphatic carbocycles. The van der Waals surface area contributed by atoms with Gasteiger partial charge in [0.15, 0.2) is 6.10 Å². The molecule has 2 aromatic heterocycles. The maximum atomic E-state index is 10.4. The zero-order chi connectivity index (χ0) is 12.4. The van der Waals surface area contributed by atoms with Crippen molar-refractivity contribution in [2.24, 2.45) is 0 Å². The highest BCUT2D eigenvalue weighted by Crippen LogP contribution is 2.21. The summed E-state index contributed by atoms with van der Waals surface area (Å²) in [6.45, 7) is 7.50. The van der Waals surface area contributed by atoms with E-state index < -0.39 is 6.10 Å². The molecule has 0 aliphatic heterocycles. The minimum atomic E-state index is -0.717. The van der Waals surface area contributed by atoms with E-state index in [1.807, 2.05) is 42.3 Å². The zero-order valence-corrected chi connectivity index (χ0v) is 10.5. The molecule has 0 saturated heterocycles. The maximum absolute atomic E-state index is 10.4. The molecule has 2 aromatic rings. The first kappa shape index (κ1) is 11.9. The van der Waals surface area contributed by atoms with Gasteiger partial charge in [-0.15, -0.1) is 0 Å². The van der Waals surface area contributed by atoms with Crippen molar-refractivity contribution in [2.45, 2.75) is 40.0 Å². The smallest absolute Gasteiger partial charge is 0.153 e. The van der Waals surface area contributed by atoms with Gasteiger partial charge in [0.1, 0.15) is 5.82 Å². The van der Waals surface area contributed by atoms with Crippen molar-refractivity contribution < 1.29 is 5.11 Å². The van der Waals surface area contributed by atoms with E-state index in [1.165, 1.54) is 0 Å². The van der Waals surface area contributed by atoms with Crippen LogP contribution >= 0.6 is 0 Å². The number of nitrogens with zero attached hydrogens (tertiary/aromatic N) is 4. The lowest BCUT2D eigenvalue weighted by Crippen LogP contribution is -2.13. The minimum Gasteiger partial charge on any atom is -0.379 e. The van der Waals surface area contributed by atoms with Crippen molar-refractivity contribution in [3.63, 3.8) is 0 Å². The van der Waals surface area contributed by atoms with Crippen LogP contribution in [0.25, 0.3) is 0 Å². The largest absolute Gasteiger partial charge is 0.379 e. The molecule has 1 N–H and O–H groups in total. The van der Waals surface area contributed by atoms with Gasteiger partial charge in [-0.25, -0.2) is 4.98 Å². The van der Waals surface area contributed by atoms with Crippen LogP contribution in [0.2, 0.25) is 0 Å². The lowest BCUT2D eigenvalue weighted by Gasteiger charge is -2.13. The summed E-state index contributed by atoms with van der Waals surface area (Å²) in [5, 5.41) is 14.7. The van der Waals surface area contributed by atoms with Crippen LogP contribution in [0.5, 0.6) is 0 Å². The van der Waals surface area contributed by atoms with Crippen LogP contribution < -0.4 is 0 Å². The molecule has 1 atom stereocenters. The van der Waals surface area contributed by atoms with Crippen molar-refractivity contribution >= 4 is 0 Å². The first-order valence-corrected chi connectivity index (χ1v) is 5.90. The van der Waals surface area contributed by atoms with E-state index in [0.717, 1.165) is 24.5 Å². The summed E-state index contributed by atoms with van der Waals surface area (Å²) in [7, 11) is 0. The molecule has 1 unspecified atom stereocenters. The summed E-state index contributed by atoms with van der Waals surface area (Å²) in [5.41, 5.74) is 1.71. The van der Waals surface area contributed by atoms with E-state index in [0.29, 0.717) is 5.82 Å². The average Bonchev–Trinajstić information content (AvgIpc) is 2.93. The van der Waals surface area contributed by atoms with Crippen molar-refractivity contribution in [3.05, 3.63) is 35.7 Å². The van der Waals surface area contributed by atoms with Crippen LogP contribution in [-0.2, 0) is 13.1 Å². The lowest BCUT2D eigenvalue weighted by molar-refractivity contribution is 0.193. The molecule has 2 heterocycles. The quantitative estimate of drug-likeness (QED) is 0.872. The summed E-state index contributed by atoms with van der Waals surface area (Å²) in [6, 6.07) is 1.91. The SMILES string of the molecule is CCn1ccnc1C(O)c1cc(C)nn1CC. The van der Waals surface area contributed by atoms with Gasteiger partial charge in [0, 0.05) is 25.5 Å². The Hall–Kier alpha value is -1.62. The number of hydrogen-bond acceptors (Lipinski definition) is 3. The fourth-order valence-corrected chi connectivity index (χ4v) is 2.01. The Morgan fingerprint density at radius 1 is 1.35 bits per heavy atom. The standard InChI is InChI=1S/C12H18N4O/c1-4-15-7-6-13-12(15)11(17)10-8-9(3)14-16(10)5-2/h6-8,11,17H,4-5H2,1-3H3. The van der Waals surface area contributed by atoms with Crippen LogP contribution in [-0.4, -0.2) is 24.4 Å². The lowest BCUT2D eigenvalue weighted by atomic mass is 10.2. The number of imidazole rings is 1. The first-order valence-electron chi connectivity index (χ1n) is 5.90. The van der Waals surface area contributed by atoms with Gasteiger partial charge < -0.3 is 9.67 Å². The Morgan fingerprint density at radius 3 is 2.76 bits per heavy atom. The van der Waals surface area contributed by atoms with E-state index >= 15 is 0 Å². The van der Waals surface area contributed by atoms with Gasteiger partial charge in [-0.1, -0.05) is 0 Å². The summed E-state index contributed by atoms with van der Waals surface area (Å²) in [5.74, 6) is 0.669. The Morgan fingerprint density at radius 2 is 2.12 bits per heavy atom. The van der Waals surface area contributed by atoms with Gasteiger partial charge in [0.05, 0.1) is 11.4 Å². The molecule has 0 radical (unpaired) electrons. The Labute approximate surface area is 101 Å². The number of aromatic nitrogens is 4. The Balaban J connectivity index is 2.39. The molecule has 0 spiro atoms. The van der Waals surface area contributed by atoms with E-state index in [4.69, 9.17) is 0 Å². The third-order valence-electron chi connectivity index (χ3n) is 2.85. The molecule has 0 amide bonds. The molecule has 2 rings (SSSR count). The van der Waals surface area contributed by atoms with Crippen molar-refractivity contribution in [1.29, 1.82) is 0 Å². The summed E-state index contributed by atoms with van der Waals surface area (Å²) in [4.78, 5) is 4.22. The molecule has 5 heteroatoms. The molecule has 0 bridgehead atoms. The van der Waals surface area contributed by atoms with Crippen LogP contribution in [0, 0.1) is 6.92 Å². The van der Waals surface area contributed by atoms with Crippen molar-refractivity contribution in [2.75, 3.05) is 0 Å². The Bertz CT molecular complexity index is 500. The van der Waals surface area contributed by atoms with Gasteiger partial charge in [0.2, 0.25) is 0 Å². The molecule has 0 aliphatic rings. The van der Waals surface area contributed by atoms with Gasteiger partial charge >= 0.3 is 0 Å². The summed E-state index contributed by atoms with van der Waals surface area (Å²) < 4.78 is 3.75. The highest BCUT2D eigenvalue weighted by Gasteiger charge is 2.20. The molecular formula is C12H18N4O. The molecular weight excluding hydrogens is 216 g/mol. The number of aryl methyl sites for hydroxylation is 3. The third kappa shape index (κ3) is 2.10. The van der Waals surface area contributed by atoms with E-state index in [2.05, 4.69) is 10.1 Å². The molecule has 0 saturated carbocycles. The van der Waals surface area contributed by atoms with Crippen LogP contribution in [0.3, 0.4) is 0 Å². The molecule has 92 valence electrons. The predicted molar refractivity (Wildman–Crippen MR) is 64.6 cm³/mol. The zero-order valence-electron chi connectivity index (χ0n) is 10.5. The number of rotatable bonds is 4. The first-order chi connectivity index (χ1) is 8.17. The highest BCUT2D eigenvalue weighted by molar-refractivity contribution is 5.18. The number of aliphatic hydroxyl groups excluding tert-OH is 1. The monoisotopic (exact) mass is 234 g/mol. The Kier molecular flexibility index (Phi) is 3.28. The maximum Gasteiger partial charge on any atom is 0.153 e. The van der Waals surface area contributed by atoms with Gasteiger partial charge in [-0.05, 0) is 26.8 Å². The summed E-state index contributed by atoms with van der Waals surface area (Å²) >= 11 is 0. The fourth-order valence-electron chi connectivity index (χ4n) is 2.01. The average molecular weight is 234 g/mol. The number of aliphatic hydroxyl groups is 1. The minimum absolute atomic E-state index is 0.669. The van der Waals surface area contributed by atoms with Crippen LogP contribution in [0.1, 0.15) is 37.2 Å². The second kappa shape index (κ2) is 4.71. The molecule has 17 heavy (non-hydrogen) atoms. The summed E-state index contributed by atoms with van der Waals surface area (Å²) in [6.07, 6.45) is 2.87. The third-order valence-corrected chi connectivity index (χ3v) is 2.85. The van der Waals surface area contributed by atoms with Gasteiger partial charge in [-0.3, -0.25) is 4.68 Å². The van der Waals surface area contributed by atoms with E-state index in [1.54, 1.807) is 6.20 Å². The second-order valence-electron chi connectivity index (χ2n) is 4.00. The predicted octanol–water partition coefficient (Wildman–Crippen LogP) is 1.51. The highest BCUT2D eigenvalue weighted by atomic mass is 16.3. The topological polar surface area (TPSA) is 55.9 Å². The fraction of sp³-hybridized carbons (Fsp3) is 0.500. The van der Waals surface area contributed by atoms with Gasteiger partial charge in [-0.2, -0.15) is 5.10 Å². The van der Waals surface area contributed by atoms with Crippen LogP contribution in [0.4, 0.5) is 0 Å². The van der Waals surface area contributed by atoms with Crippen molar-refractivity contribution in [1.82, 2.24) is 19.3 Å². The number of hydrogen-bond donors (Lipinski definition) is 1.